The molecule has 0 aromatic heterocycles. The Morgan fingerprint density at radius 1 is 0.882 bits per heavy atom. The molecule has 0 N–H and O–H groups in total. The summed E-state index contributed by atoms with van der Waals surface area (Å²) in [5.41, 5.74) is 4.66. The molecule has 0 fully saturated rings. The van der Waals surface area contributed by atoms with Gasteiger partial charge in [0.1, 0.15) is 6.29 Å². The first kappa shape index (κ1) is 14.0. The van der Waals surface area contributed by atoms with Crippen LogP contribution >= 0.6 is 0 Å². The Morgan fingerprint density at radius 2 is 1.35 bits per heavy atom. The van der Waals surface area contributed by atoms with Gasteiger partial charge in [0.25, 0.3) is 0 Å². The van der Waals surface area contributed by atoms with E-state index in [1.54, 1.807) is 0 Å². The number of rotatable bonds is 1. The van der Waals surface area contributed by atoms with E-state index in [1.807, 2.05) is 6.07 Å². The molecule has 0 aliphatic heterocycles. The van der Waals surface area contributed by atoms with E-state index in [-0.39, 0.29) is 10.8 Å². The molecular formula is C16H24O. The third-order valence-electron chi connectivity index (χ3n) is 3.07. The van der Waals surface area contributed by atoms with Crippen LogP contribution in [0.2, 0.25) is 0 Å². The van der Waals surface area contributed by atoms with E-state index in [1.165, 1.54) is 16.7 Å². The molecule has 94 valence electrons. The van der Waals surface area contributed by atoms with E-state index in [0.29, 0.717) is 0 Å². The summed E-state index contributed by atoms with van der Waals surface area (Å²) in [6.07, 6.45) is 0.981. The number of carbonyl (C=O) groups excluding carboxylic acids is 1. The second-order valence-corrected chi connectivity index (χ2v) is 6.84. The van der Waals surface area contributed by atoms with Crippen molar-refractivity contribution in [3.63, 3.8) is 0 Å². The van der Waals surface area contributed by atoms with Crippen molar-refractivity contribution < 1.29 is 4.79 Å². The standard InChI is InChI=1S/C16H24O/c1-11-8-9-12(10-17)14(16(5,6)7)13(11)15(2,3)4/h8-10H,1-7H3. The summed E-state index contributed by atoms with van der Waals surface area (Å²) in [6.45, 7) is 15.3. The number of hydrogen-bond acceptors (Lipinski definition) is 1. The Balaban J connectivity index is 3.73. The SMILES string of the molecule is Cc1ccc(C=O)c(C(C)(C)C)c1C(C)(C)C. The molecule has 1 heteroatoms. The van der Waals surface area contributed by atoms with Gasteiger partial charge in [-0.1, -0.05) is 53.7 Å². The topological polar surface area (TPSA) is 17.1 Å². The summed E-state index contributed by atoms with van der Waals surface area (Å²) in [6, 6.07) is 4.00. The first-order valence-corrected chi connectivity index (χ1v) is 6.19. The molecule has 1 nitrogen and oxygen atoms in total. The van der Waals surface area contributed by atoms with Gasteiger partial charge in [-0.15, -0.1) is 0 Å². The van der Waals surface area contributed by atoms with Gasteiger partial charge in [-0.3, -0.25) is 4.79 Å². The smallest absolute Gasteiger partial charge is 0.150 e. The summed E-state index contributed by atoms with van der Waals surface area (Å²) >= 11 is 0. The third-order valence-corrected chi connectivity index (χ3v) is 3.07. The fourth-order valence-electron chi connectivity index (χ4n) is 2.60. The summed E-state index contributed by atoms with van der Waals surface area (Å²) in [4.78, 5) is 11.3. The van der Waals surface area contributed by atoms with Crippen LogP contribution in [-0.2, 0) is 10.8 Å². The first-order valence-electron chi connectivity index (χ1n) is 6.19. The molecule has 0 radical (unpaired) electrons. The zero-order valence-electron chi connectivity index (χ0n) is 12.1. The van der Waals surface area contributed by atoms with Crippen LogP contribution in [0.5, 0.6) is 0 Å². The lowest BCUT2D eigenvalue weighted by molar-refractivity contribution is 0.112. The molecule has 0 aliphatic carbocycles. The maximum Gasteiger partial charge on any atom is 0.150 e. The fraction of sp³-hybridized carbons (Fsp3) is 0.562. The van der Waals surface area contributed by atoms with Crippen molar-refractivity contribution >= 4 is 6.29 Å². The number of aryl methyl sites for hydroxylation is 1. The minimum Gasteiger partial charge on any atom is -0.298 e. The van der Waals surface area contributed by atoms with Crippen molar-refractivity contribution in [3.8, 4) is 0 Å². The van der Waals surface area contributed by atoms with Crippen LogP contribution in [0.25, 0.3) is 0 Å². The predicted octanol–water partition coefficient (Wildman–Crippen LogP) is 4.40. The minimum absolute atomic E-state index is 0.00905. The van der Waals surface area contributed by atoms with Crippen LogP contribution in [-0.4, -0.2) is 6.29 Å². The quantitative estimate of drug-likeness (QED) is 0.656. The first-order chi connectivity index (χ1) is 7.59. The molecule has 0 spiro atoms. The normalized spacial score (nSPS) is 12.6. The van der Waals surface area contributed by atoms with Gasteiger partial charge >= 0.3 is 0 Å². The van der Waals surface area contributed by atoms with E-state index in [4.69, 9.17) is 0 Å². The molecule has 0 saturated carbocycles. The summed E-state index contributed by atoms with van der Waals surface area (Å²) in [5, 5.41) is 0. The van der Waals surface area contributed by atoms with Crippen molar-refractivity contribution in [2.24, 2.45) is 0 Å². The monoisotopic (exact) mass is 232 g/mol. The van der Waals surface area contributed by atoms with E-state index in [2.05, 4.69) is 54.5 Å². The Morgan fingerprint density at radius 3 is 1.71 bits per heavy atom. The second kappa shape index (κ2) is 4.29. The van der Waals surface area contributed by atoms with Gasteiger partial charge in [-0.25, -0.2) is 0 Å². The Bertz CT molecular complexity index is 428. The maximum absolute atomic E-state index is 11.3. The number of benzene rings is 1. The van der Waals surface area contributed by atoms with Gasteiger partial charge in [-0.2, -0.15) is 0 Å². The van der Waals surface area contributed by atoms with Crippen LogP contribution in [0.15, 0.2) is 12.1 Å². The van der Waals surface area contributed by atoms with E-state index >= 15 is 0 Å². The van der Waals surface area contributed by atoms with Crippen LogP contribution in [0.4, 0.5) is 0 Å². The highest BCUT2D eigenvalue weighted by molar-refractivity contribution is 5.79. The molecule has 0 saturated heterocycles. The highest BCUT2D eigenvalue weighted by atomic mass is 16.1. The van der Waals surface area contributed by atoms with E-state index in [9.17, 15) is 4.79 Å². The van der Waals surface area contributed by atoms with Gasteiger partial charge < -0.3 is 0 Å². The lowest BCUT2D eigenvalue weighted by Crippen LogP contribution is -2.25. The second-order valence-electron chi connectivity index (χ2n) is 6.84. The van der Waals surface area contributed by atoms with Crippen molar-refractivity contribution in [3.05, 3.63) is 34.4 Å². The van der Waals surface area contributed by atoms with E-state index in [0.717, 1.165) is 11.8 Å². The number of carbonyl (C=O) groups is 1. The zero-order chi connectivity index (χ0) is 13.4. The number of hydrogen-bond donors (Lipinski definition) is 0. The van der Waals surface area contributed by atoms with Crippen molar-refractivity contribution in [1.29, 1.82) is 0 Å². The van der Waals surface area contributed by atoms with E-state index < -0.39 is 0 Å². The summed E-state index contributed by atoms with van der Waals surface area (Å²) in [5.74, 6) is 0. The average molecular weight is 232 g/mol. The van der Waals surface area contributed by atoms with Crippen molar-refractivity contribution in [2.45, 2.75) is 59.3 Å². The zero-order valence-corrected chi connectivity index (χ0v) is 12.1. The van der Waals surface area contributed by atoms with Gasteiger partial charge in [0.15, 0.2) is 0 Å². The van der Waals surface area contributed by atoms with Gasteiger partial charge in [-0.05, 0) is 34.4 Å². The third kappa shape index (κ3) is 2.77. The summed E-state index contributed by atoms with van der Waals surface area (Å²) < 4.78 is 0. The van der Waals surface area contributed by atoms with Crippen LogP contribution in [0, 0.1) is 6.92 Å². The fourth-order valence-corrected chi connectivity index (χ4v) is 2.60. The van der Waals surface area contributed by atoms with Crippen LogP contribution < -0.4 is 0 Å². The predicted molar refractivity (Wildman–Crippen MR) is 74.0 cm³/mol. The molecule has 0 bridgehead atoms. The Labute approximate surface area is 105 Å². The van der Waals surface area contributed by atoms with Gasteiger partial charge in [0.2, 0.25) is 0 Å². The lowest BCUT2D eigenvalue weighted by atomic mass is 9.71. The molecule has 0 amide bonds. The van der Waals surface area contributed by atoms with Crippen molar-refractivity contribution in [1.82, 2.24) is 0 Å². The Kier molecular flexibility index (Phi) is 3.52. The molecule has 0 aliphatic rings. The summed E-state index contributed by atoms with van der Waals surface area (Å²) in [7, 11) is 0. The van der Waals surface area contributed by atoms with Crippen LogP contribution in [0.1, 0.15) is 68.6 Å². The molecule has 1 aromatic rings. The highest BCUT2D eigenvalue weighted by Gasteiger charge is 2.28. The molecule has 1 aromatic carbocycles. The molecule has 1 rings (SSSR count). The largest absolute Gasteiger partial charge is 0.298 e. The van der Waals surface area contributed by atoms with Gasteiger partial charge in [0.05, 0.1) is 0 Å². The molecule has 0 unspecified atom stereocenters. The molecule has 17 heavy (non-hydrogen) atoms. The highest BCUT2D eigenvalue weighted by Crippen LogP contribution is 2.37. The molecular weight excluding hydrogens is 208 g/mol. The Hall–Kier alpha value is -1.11. The maximum atomic E-state index is 11.3. The molecule has 0 heterocycles. The minimum atomic E-state index is -0.00905. The molecule has 0 atom stereocenters. The lowest BCUT2D eigenvalue weighted by Gasteiger charge is -2.33. The number of aldehydes is 1. The van der Waals surface area contributed by atoms with Crippen molar-refractivity contribution in [2.75, 3.05) is 0 Å². The van der Waals surface area contributed by atoms with Gasteiger partial charge in [0, 0.05) is 5.56 Å². The van der Waals surface area contributed by atoms with Crippen LogP contribution in [0.3, 0.4) is 0 Å². The average Bonchev–Trinajstić information content (AvgIpc) is 2.13.